The van der Waals surface area contributed by atoms with Crippen LogP contribution in [0.4, 0.5) is 0 Å². The first-order valence-corrected chi connectivity index (χ1v) is 9.62. The van der Waals surface area contributed by atoms with Crippen LogP contribution in [0.15, 0.2) is 16.3 Å². The van der Waals surface area contributed by atoms with Gasteiger partial charge in [-0.2, -0.15) is 0 Å². The summed E-state index contributed by atoms with van der Waals surface area (Å²) in [5, 5.41) is 5.00. The van der Waals surface area contributed by atoms with E-state index in [0.717, 1.165) is 30.6 Å². The van der Waals surface area contributed by atoms with E-state index in [1.807, 2.05) is 0 Å². The Hall–Kier alpha value is -0.430. The van der Waals surface area contributed by atoms with Crippen LogP contribution in [0.5, 0.6) is 0 Å². The van der Waals surface area contributed by atoms with Crippen molar-refractivity contribution in [3.8, 4) is 0 Å². The lowest BCUT2D eigenvalue weighted by atomic mass is 10.2. The van der Waals surface area contributed by atoms with Crippen LogP contribution in [0.1, 0.15) is 51.3 Å². The van der Waals surface area contributed by atoms with Crippen molar-refractivity contribution in [3.05, 3.63) is 16.3 Å². The Morgan fingerprint density at radius 3 is 2.65 bits per heavy atom. The number of rotatable bonds is 10. The molecule has 1 rings (SSSR count). The summed E-state index contributed by atoms with van der Waals surface area (Å²) in [5.74, 6) is 0. The summed E-state index contributed by atoms with van der Waals surface area (Å²) in [4.78, 5) is 1.43. The molecule has 0 unspecified atom stereocenters. The largest absolute Gasteiger partial charge is 0.310 e. The van der Waals surface area contributed by atoms with Crippen molar-refractivity contribution in [3.63, 3.8) is 0 Å². The minimum Gasteiger partial charge on any atom is -0.310 e. The first kappa shape index (κ1) is 17.6. The van der Waals surface area contributed by atoms with Crippen molar-refractivity contribution in [1.82, 2.24) is 10.0 Å². The van der Waals surface area contributed by atoms with E-state index in [1.165, 1.54) is 11.3 Å². The van der Waals surface area contributed by atoms with E-state index in [4.69, 9.17) is 0 Å². The van der Waals surface area contributed by atoms with Crippen LogP contribution in [-0.4, -0.2) is 21.0 Å². The van der Waals surface area contributed by atoms with E-state index in [9.17, 15) is 8.42 Å². The predicted molar refractivity (Wildman–Crippen MR) is 85.6 cm³/mol. The number of thiophene rings is 1. The summed E-state index contributed by atoms with van der Waals surface area (Å²) < 4.78 is 26.9. The average Bonchev–Trinajstić information content (AvgIpc) is 2.85. The normalized spacial score (nSPS) is 12.2. The Bertz CT molecular complexity index is 481. The molecular formula is C14H26N2O2S2. The van der Waals surface area contributed by atoms with Gasteiger partial charge in [0.05, 0.1) is 4.90 Å². The lowest BCUT2D eigenvalue weighted by Gasteiger charge is -2.06. The van der Waals surface area contributed by atoms with Crippen molar-refractivity contribution < 1.29 is 8.42 Å². The molecule has 0 fully saturated rings. The average molecular weight is 319 g/mol. The van der Waals surface area contributed by atoms with Gasteiger partial charge in [-0.25, -0.2) is 13.1 Å². The number of sulfonamides is 1. The first-order valence-electron chi connectivity index (χ1n) is 7.26. The maximum Gasteiger partial charge on any atom is 0.241 e. The zero-order chi connectivity index (χ0) is 15.0. The standard InChI is InChI=1S/C14H26N2O2S2/c1-4-5-6-7-8-16-20(17,18)14-9-13(19-11-14)10-15-12(2)3/h9,11-12,15-16H,4-8,10H2,1-3H3. The predicted octanol–water partition coefficient (Wildman–Crippen LogP) is 3.10. The Morgan fingerprint density at radius 2 is 2.00 bits per heavy atom. The molecule has 1 aromatic heterocycles. The second kappa shape index (κ2) is 8.77. The van der Waals surface area contributed by atoms with E-state index in [2.05, 4.69) is 30.8 Å². The van der Waals surface area contributed by atoms with Gasteiger partial charge in [-0.15, -0.1) is 11.3 Å². The van der Waals surface area contributed by atoms with Gasteiger partial charge in [0.2, 0.25) is 10.0 Å². The van der Waals surface area contributed by atoms with Crippen LogP contribution < -0.4 is 10.0 Å². The molecule has 0 radical (unpaired) electrons. The molecule has 0 aromatic carbocycles. The van der Waals surface area contributed by atoms with Crippen molar-refractivity contribution in [2.24, 2.45) is 0 Å². The third-order valence-corrected chi connectivity index (χ3v) is 5.47. The monoisotopic (exact) mass is 318 g/mol. The van der Waals surface area contributed by atoms with Crippen LogP contribution in [0.3, 0.4) is 0 Å². The molecule has 0 saturated carbocycles. The van der Waals surface area contributed by atoms with Crippen molar-refractivity contribution in [1.29, 1.82) is 0 Å². The summed E-state index contributed by atoms with van der Waals surface area (Å²) in [6.07, 6.45) is 4.29. The Balaban J connectivity index is 2.46. The third-order valence-electron chi connectivity index (χ3n) is 2.95. The van der Waals surface area contributed by atoms with Crippen LogP contribution in [0.25, 0.3) is 0 Å². The molecule has 2 N–H and O–H groups in total. The van der Waals surface area contributed by atoms with Gasteiger partial charge in [-0.3, -0.25) is 0 Å². The second-order valence-electron chi connectivity index (χ2n) is 5.24. The molecule has 116 valence electrons. The van der Waals surface area contributed by atoms with Gasteiger partial charge in [-0.1, -0.05) is 40.0 Å². The summed E-state index contributed by atoms with van der Waals surface area (Å²) >= 11 is 1.48. The molecule has 0 aliphatic carbocycles. The molecule has 1 heterocycles. The highest BCUT2D eigenvalue weighted by molar-refractivity contribution is 7.89. The Kier molecular flexibility index (Phi) is 7.72. The van der Waals surface area contributed by atoms with Crippen LogP contribution in [-0.2, 0) is 16.6 Å². The molecule has 0 spiro atoms. The lowest BCUT2D eigenvalue weighted by molar-refractivity contribution is 0.573. The van der Waals surface area contributed by atoms with Crippen molar-refractivity contribution in [2.45, 2.75) is 63.9 Å². The van der Waals surface area contributed by atoms with Gasteiger partial charge in [0.25, 0.3) is 0 Å². The molecular weight excluding hydrogens is 292 g/mol. The van der Waals surface area contributed by atoms with E-state index in [1.54, 1.807) is 11.4 Å². The lowest BCUT2D eigenvalue weighted by Crippen LogP contribution is -2.24. The molecule has 20 heavy (non-hydrogen) atoms. The van der Waals surface area contributed by atoms with E-state index < -0.39 is 10.0 Å². The Morgan fingerprint density at radius 1 is 1.25 bits per heavy atom. The molecule has 1 aromatic rings. The van der Waals surface area contributed by atoms with E-state index in [-0.39, 0.29) is 0 Å². The van der Waals surface area contributed by atoms with Gasteiger partial charge in [0.1, 0.15) is 0 Å². The quantitative estimate of drug-likeness (QED) is 0.652. The smallest absolute Gasteiger partial charge is 0.241 e. The fraction of sp³-hybridized carbons (Fsp3) is 0.714. The summed E-state index contributed by atoms with van der Waals surface area (Å²) in [6, 6.07) is 2.16. The van der Waals surface area contributed by atoms with Gasteiger partial charge in [-0.05, 0) is 12.5 Å². The number of hydrogen-bond donors (Lipinski definition) is 2. The van der Waals surface area contributed by atoms with Gasteiger partial charge >= 0.3 is 0 Å². The first-order chi connectivity index (χ1) is 9.45. The maximum absolute atomic E-state index is 12.1. The minimum atomic E-state index is -3.33. The summed E-state index contributed by atoms with van der Waals surface area (Å²) in [6.45, 7) is 7.53. The SMILES string of the molecule is CCCCCCNS(=O)(=O)c1csc(CNC(C)C)c1. The molecule has 0 aliphatic heterocycles. The molecule has 0 amide bonds. The highest BCUT2D eigenvalue weighted by atomic mass is 32.2. The highest BCUT2D eigenvalue weighted by Crippen LogP contribution is 2.19. The van der Waals surface area contributed by atoms with Gasteiger partial charge < -0.3 is 5.32 Å². The zero-order valence-corrected chi connectivity index (χ0v) is 14.2. The van der Waals surface area contributed by atoms with Gasteiger partial charge in [0.15, 0.2) is 0 Å². The topological polar surface area (TPSA) is 58.2 Å². The maximum atomic E-state index is 12.1. The number of nitrogens with one attached hydrogen (secondary N) is 2. The van der Waals surface area contributed by atoms with E-state index >= 15 is 0 Å². The molecule has 0 aliphatic rings. The van der Waals surface area contributed by atoms with Gasteiger partial charge in [0, 0.05) is 29.4 Å². The van der Waals surface area contributed by atoms with E-state index in [0.29, 0.717) is 24.0 Å². The highest BCUT2D eigenvalue weighted by Gasteiger charge is 2.15. The molecule has 6 heteroatoms. The summed E-state index contributed by atoms with van der Waals surface area (Å²) in [7, 11) is -3.33. The van der Waals surface area contributed by atoms with Crippen molar-refractivity contribution in [2.75, 3.05) is 6.54 Å². The second-order valence-corrected chi connectivity index (χ2v) is 8.01. The fourth-order valence-corrected chi connectivity index (χ4v) is 4.04. The van der Waals surface area contributed by atoms with Crippen LogP contribution in [0.2, 0.25) is 0 Å². The zero-order valence-electron chi connectivity index (χ0n) is 12.6. The molecule has 0 atom stereocenters. The minimum absolute atomic E-state index is 0.388. The van der Waals surface area contributed by atoms with Crippen LogP contribution in [0, 0.1) is 0 Å². The molecule has 0 bridgehead atoms. The number of unbranched alkanes of at least 4 members (excludes halogenated alkanes) is 3. The molecule has 4 nitrogen and oxygen atoms in total. The van der Waals surface area contributed by atoms with Crippen molar-refractivity contribution >= 4 is 21.4 Å². The fourth-order valence-electron chi connectivity index (χ4n) is 1.74. The van der Waals surface area contributed by atoms with Crippen LogP contribution >= 0.6 is 11.3 Å². The molecule has 0 saturated heterocycles. The third kappa shape index (κ3) is 6.35. The summed E-state index contributed by atoms with van der Waals surface area (Å²) in [5.41, 5.74) is 0. The Labute approximate surface area is 127 Å². The number of hydrogen-bond acceptors (Lipinski definition) is 4.